The van der Waals surface area contributed by atoms with Crippen molar-refractivity contribution in [1.82, 2.24) is 5.43 Å². The second-order valence-corrected chi connectivity index (χ2v) is 1.99. The van der Waals surface area contributed by atoms with Gasteiger partial charge in [0.15, 0.2) is 0 Å². The van der Waals surface area contributed by atoms with Gasteiger partial charge in [-0.25, -0.2) is 5.43 Å². The molecule has 0 aromatic heterocycles. The molecule has 1 unspecified atom stereocenters. The van der Waals surface area contributed by atoms with Gasteiger partial charge >= 0.3 is 35.0 Å². The molecule has 0 radical (unpaired) electrons. The van der Waals surface area contributed by atoms with Crippen molar-refractivity contribution in [3.8, 4) is 0 Å². The van der Waals surface area contributed by atoms with Crippen molar-refractivity contribution in [3.63, 3.8) is 0 Å². The van der Waals surface area contributed by atoms with Gasteiger partial charge < -0.3 is 13.1 Å². The van der Waals surface area contributed by atoms with Crippen molar-refractivity contribution < 1.29 is 22.7 Å². The number of nitrogens with one attached hydrogen (secondary N) is 1. The van der Waals surface area contributed by atoms with Crippen molar-refractivity contribution >= 4 is 35.0 Å². The normalized spacial score (nSPS) is 11.4. The molecule has 0 bridgehead atoms. The SMILES string of the molecule is NNC(CCC(=O)O)C(=O)O.[H-].[H-].[Mg+2]. The van der Waals surface area contributed by atoms with Crippen LogP contribution in [-0.4, -0.2) is 51.2 Å². The summed E-state index contributed by atoms with van der Waals surface area (Å²) in [6.45, 7) is 0. The molecule has 1 atom stereocenters. The molecule has 0 saturated carbocycles. The third kappa shape index (κ3) is 6.34. The number of carboxylic acids is 2. The summed E-state index contributed by atoms with van der Waals surface area (Å²) in [6.07, 6.45) is -0.220. The summed E-state index contributed by atoms with van der Waals surface area (Å²) in [6, 6.07) is -0.980. The molecule has 0 rings (SSSR count). The topological polar surface area (TPSA) is 113 Å². The molecule has 0 spiro atoms. The maximum Gasteiger partial charge on any atom is 2.00 e. The first-order valence-electron chi connectivity index (χ1n) is 2.98. The number of nitrogens with two attached hydrogens (primary N) is 1. The van der Waals surface area contributed by atoms with Crippen molar-refractivity contribution in [3.05, 3.63) is 0 Å². The standard InChI is InChI=1S/C5H10N2O4.Mg.2H/c6-7-3(5(10)11)1-2-4(8)9;;;/h3,7H,1-2,6H2,(H,8,9)(H,10,11);;;/q;+2;2*-1. The van der Waals surface area contributed by atoms with Gasteiger partial charge in [-0.05, 0) is 6.42 Å². The fourth-order valence-electron chi connectivity index (χ4n) is 0.546. The quantitative estimate of drug-likeness (QED) is 0.240. The minimum Gasteiger partial charge on any atom is -1.00 e. The van der Waals surface area contributed by atoms with Crippen molar-refractivity contribution in [2.75, 3.05) is 0 Å². The zero-order chi connectivity index (χ0) is 8.85. The number of carbonyl (C=O) groups is 2. The van der Waals surface area contributed by atoms with Crippen LogP contribution in [0.25, 0.3) is 0 Å². The van der Waals surface area contributed by atoms with Gasteiger partial charge in [0.05, 0.1) is 0 Å². The summed E-state index contributed by atoms with van der Waals surface area (Å²) in [4.78, 5) is 20.2. The van der Waals surface area contributed by atoms with Crippen LogP contribution in [0.2, 0.25) is 0 Å². The Morgan fingerprint density at radius 2 is 2.00 bits per heavy atom. The molecule has 68 valence electrons. The molecule has 7 heteroatoms. The van der Waals surface area contributed by atoms with E-state index < -0.39 is 18.0 Å². The number of aliphatic carboxylic acids is 2. The average Bonchev–Trinajstić information content (AvgIpc) is 1.87. The minimum absolute atomic E-state index is 0. The van der Waals surface area contributed by atoms with E-state index in [0.717, 1.165) is 0 Å². The average molecular weight is 188 g/mol. The molecule has 0 aliphatic carbocycles. The Labute approximate surface area is 88.2 Å². The Balaban J connectivity index is -0.000000167. The summed E-state index contributed by atoms with van der Waals surface area (Å²) >= 11 is 0. The second kappa shape index (κ2) is 7.28. The number of carboxylic acid groups (broad SMARTS) is 2. The van der Waals surface area contributed by atoms with Crippen LogP contribution >= 0.6 is 0 Å². The fourth-order valence-corrected chi connectivity index (χ4v) is 0.546. The van der Waals surface area contributed by atoms with Crippen LogP contribution in [-0.2, 0) is 9.59 Å². The van der Waals surface area contributed by atoms with E-state index in [2.05, 4.69) is 0 Å². The van der Waals surface area contributed by atoms with E-state index in [4.69, 9.17) is 16.1 Å². The largest absolute Gasteiger partial charge is 2.00 e. The summed E-state index contributed by atoms with van der Waals surface area (Å²) in [5, 5.41) is 16.5. The van der Waals surface area contributed by atoms with E-state index in [1.54, 1.807) is 0 Å². The van der Waals surface area contributed by atoms with Crippen molar-refractivity contribution in [2.45, 2.75) is 18.9 Å². The summed E-state index contributed by atoms with van der Waals surface area (Å²) in [5.74, 6) is 2.66. The molecule has 0 heterocycles. The maximum atomic E-state index is 10.2. The zero-order valence-electron chi connectivity index (χ0n) is 8.49. The van der Waals surface area contributed by atoms with Crippen molar-refractivity contribution in [2.24, 2.45) is 5.84 Å². The Morgan fingerprint density at radius 3 is 2.25 bits per heavy atom. The summed E-state index contributed by atoms with van der Waals surface area (Å²) < 4.78 is 0. The van der Waals surface area contributed by atoms with Crippen LogP contribution in [0.4, 0.5) is 0 Å². The molecule has 0 aromatic rings. The number of rotatable bonds is 5. The van der Waals surface area contributed by atoms with Crippen LogP contribution in [0.15, 0.2) is 0 Å². The van der Waals surface area contributed by atoms with Gasteiger partial charge in [0.1, 0.15) is 6.04 Å². The van der Waals surface area contributed by atoms with Crippen LogP contribution in [0.1, 0.15) is 15.7 Å². The van der Waals surface area contributed by atoms with E-state index in [1.165, 1.54) is 0 Å². The summed E-state index contributed by atoms with van der Waals surface area (Å²) in [5.41, 5.74) is 1.99. The molecule has 0 saturated heterocycles. The molecule has 0 fully saturated rings. The molecule has 0 aliphatic heterocycles. The Kier molecular flexibility index (Phi) is 8.60. The van der Waals surface area contributed by atoms with Gasteiger partial charge in [0.25, 0.3) is 0 Å². The molecule has 6 nitrogen and oxygen atoms in total. The van der Waals surface area contributed by atoms with Crippen molar-refractivity contribution in [1.29, 1.82) is 0 Å². The monoisotopic (exact) mass is 188 g/mol. The van der Waals surface area contributed by atoms with Crippen LogP contribution in [0.3, 0.4) is 0 Å². The fraction of sp³-hybridized carbons (Fsp3) is 0.600. The van der Waals surface area contributed by atoms with Gasteiger partial charge in [0.2, 0.25) is 0 Å². The van der Waals surface area contributed by atoms with E-state index in [0.29, 0.717) is 0 Å². The molecule has 0 amide bonds. The molecular weight excluding hydrogens is 176 g/mol. The van der Waals surface area contributed by atoms with Gasteiger partial charge in [0, 0.05) is 6.42 Å². The molecule has 12 heavy (non-hydrogen) atoms. The Bertz CT molecular complexity index is 172. The van der Waals surface area contributed by atoms with Crippen LogP contribution in [0.5, 0.6) is 0 Å². The first kappa shape index (κ1) is 14.2. The first-order valence-corrected chi connectivity index (χ1v) is 2.98. The van der Waals surface area contributed by atoms with Gasteiger partial charge in [-0.2, -0.15) is 0 Å². The third-order valence-corrected chi connectivity index (χ3v) is 1.15. The molecule has 5 N–H and O–H groups in total. The second-order valence-electron chi connectivity index (χ2n) is 1.99. The number of hydrogen-bond acceptors (Lipinski definition) is 4. The summed E-state index contributed by atoms with van der Waals surface area (Å²) in [7, 11) is 0. The van der Waals surface area contributed by atoms with Gasteiger partial charge in [-0.15, -0.1) is 0 Å². The van der Waals surface area contributed by atoms with Gasteiger partial charge in [-0.3, -0.25) is 15.4 Å². The first-order chi connectivity index (χ1) is 5.07. The van der Waals surface area contributed by atoms with Gasteiger partial charge in [-0.1, -0.05) is 0 Å². The molecule has 0 aliphatic rings. The Morgan fingerprint density at radius 1 is 1.50 bits per heavy atom. The minimum atomic E-state index is -1.14. The third-order valence-electron chi connectivity index (χ3n) is 1.15. The van der Waals surface area contributed by atoms with E-state index in [1.807, 2.05) is 5.43 Å². The van der Waals surface area contributed by atoms with Crippen LogP contribution in [0, 0.1) is 0 Å². The van der Waals surface area contributed by atoms with Crippen LogP contribution < -0.4 is 11.3 Å². The maximum absolute atomic E-state index is 10.2. The number of hydrogen-bond donors (Lipinski definition) is 4. The van der Waals surface area contributed by atoms with E-state index in [9.17, 15) is 9.59 Å². The Hall–Kier alpha value is -0.374. The molecular formula is C5H12MgN2O4. The van der Waals surface area contributed by atoms with E-state index >= 15 is 0 Å². The zero-order valence-corrected chi connectivity index (χ0v) is 7.90. The predicted molar refractivity (Wildman–Crippen MR) is 43.6 cm³/mol. The van der Waals surface area contributed by atoms with E-state index in [-0.39, 0.29) is 38.7 Å². The molecule has 0 aromatic carbocycles. The smallest absolute Gasteiger partial charge is 1.00 e. The predicted octanol–water partition coefficient (Wildman–Crippen LogP) is -1.39. The number of hydrazine groups is 1.